The fraction of sp³-hybridized carbons (Fsp3) is 0.393. The second-order valence-electron chi connectivity index (χ2n) is 10.2. The molecule has 0 spiro atoms. The predicted octanol–water partition coefficient (Wildman–Crippen LogP) is 3.47. The molecule has 0 saturated heterocycles. The van der Waals surface area contributed by atoms with E-state index in [1.54, 1.807) is 20.8 Å². The summed E-state index contributed by atoms with van der Waals surface area (Å²) in [6.45, 7) is 12.0. The lowest BCUT2D eigenvalue weighted by Crippen LogP contribution is -2.56. The molecular weight excluding hydrogens is 551 g/mol. The molecule has 0 radical (unpaired) electrons. The van der Waals surface area contributed by atoms with Crippen molar-refractivity contribution in [2.75, 3.05) is 13.7 Å². The van der Waals surface area contributed by atoms with E-state index in [9.17, 15) is 18.8 Å². The molecule has 4 aromatic rings. The Morgan fingerprint density at radius 3 is 2.54 bits per heavy atom. The van der Waals surface area contributed by atoms with Gasteiger partial charge in [0.2, 0.25) is 5.91 Å². The van der Waals surface area contributed by atoms with Crippen molar-refractivity contribution in [2.45, 2.75) is 58.8 Å². The van der Waals surface area contributed by atoms with Crippen molar-refractivity contribution < 1.29 is 18.7 Å². The average molecular weight is 585 g/mol. The van der Waals surface area contributed by atoms with Crippen LogP contribution < -0.4 is 21.3 Å². The maximum absolute atomic E-state index is 14.4. The summed E-state index contributed by atoms with van der Waals surface area (Å²) < 4.78 is 28.3. The van der Waals surface area contributed by atoms with Crippen LogP contribution in [0.4, 0.5) is 4.39 Å². The second-order valence-corrected chi connectivity index (χ2v) is 11.2. The summed E-state index contributed by atoms with van der Waals surface area (Å²) in [5, 5.41) is 12.0. The Kier molecular flexibility index (Phi) is 8.59. The molecule has 0 bridgehead atoms. The van der Waals surface area contributed by atoms with Crippen LogP contribution in [-0.2, 0) is 21.6 Å². The molecule has 1 atom stereocenters. The molecule has 1 aromatic carbocycles. The molecule has 1 amide bonds. The lowest BCUT2D eigenvalue weighted by atomic mass is 10.0. The maximum atomic E-state index is 14.4. The van der Waals surface area contributed by atoms with Crippen molar-refractivity contribution in [2.24, 2.45) is 0 Å². The van der Waals surface area contributed by atoms with Crippen molar-refractivity contribution in [3.05, 3.63) is 81.0 Å². The van der Waals surface area contributed by atoms with Crippen molar-refractivity contribution >= 4 is 27.5 Å². The molecule has 4 rings (SSSR count). The number of rotatable bonds is 11. The summed E-state index contributed by atoms with van der Waals surface area (Å²) in [7, 11) is 1.45. The van der Waals surface area contributed by atoms with Crippen LogP contribution in [-0.4, -0.2) is 49.8 Å². The molecule has 0 aliphatic rings. The highest BCUT2D eigenvalue weighted by Crippen LogP contribution is 2.34. The Morgan fingerprint density at radius 2 is 1.93 bits per heavy atom. The lowest BCUT2D eigenvalue weighted by molar-refractivity contribution is -0.129. The van der Waals surface area contributed by atoms with Gasteiger partial charge < -0.3 is 14.8 Å². The largest absolute Gasteiger partial charge is 0.496 e. The van der Waals surface area contributed by atoms with E-state index in [-0.39, 0.29) is 24.6 Å². The lowest BCUT2D eigenvalue weighted by Gasteiger charge is -2.28. The molecule has 0 unspecified atom stereocenters. The first-order valence-electron chi connectivity index (χ1n) is 12.9. The molecule has 3 aromatic heterocycles. The second kappa shape index (κ2) is 11.8. The van der Waals surface area contributed by atoms with Crippen LogP contribution in [0.5, 0.6) is 5.75 Å². The molecule has 3 heterocycles. The number of ether oxygens (including phenoxy) is 2. The van der Waals surface area contributed by atoms with Gasteiger partial charge >= 0.3 is 5.69 Å². The number of benzene rings is 1. The molecule has 0 saturated carbocycles. The minimum Gasteiger partial charge on any atom is -0.496 e. The fourth-order valence-corrected chi connectivity index (χ4v) is 5.81. The van der Waals surface area contributed by atoms with Gasteiger partial charge in [0.05, 0.1) is 38.0 Å². The van der Waals surface area contributed by atoms with Gasteiger partial charge in [-0.05, 0) is 52.8 Å². The van der Waals surface area contributed by atoms with Crippen molar-refractivity contribution in [3.8, 4) is 10.8 Å². The number of methoxy groups -OCH3 is 1. The maximum Gasteiger partial charge on any atom is 0.333 e. The van der Waals surface area contributed by atoms with Gasteiger partial charge in [0.25, 0.3) is 5.56 Å². The monoisotopic (exact) mass is 584 g/mol. The van der Waals surface area contributed by atoms with Gasteiger partial charge in [-0.2, -0.15) is 10.2 Å². The number of aryl methyl sites for hydroxylation is 1. The Morgan fingerprint density at radius 1 is 1.24 bits per heavy atom. The zero-order valence-corrected chi connectivity index (χ0v) is 24.6. The quantitative estimate of drug-likeness (QED) is 0.268. The molecule has 1 N–H and O–H groups in total. The van der Waals surface area contributed by atoms with E-state index in [1.807, 2.05) is 0 Å². The van der Waals surface area contributed by atoms with Crippen LogP contribution >= 0.6 is 11.3 Å². The van der Waals surface area contributed by atoms with E-state index >= 15 is 0 Å². The number of nitrogens with zero attached hydrogens (tertiary/aromatic N) is 5. The Bertz CT molecular complexity index is 1700. The number of thiophene rings is 1. The highest BCUT2D eigenvalue weighted by atomic mass is 32.1. The van der Waals surface area contributed by atoms with Gasteiger partial charge in [-0.25, -0.2) is 13.8 Å². The summed E-state index contributed by atoms with van der Waals surface area (Å²) in [5.41, 5.74) is -1.99. The molecule has 0 aliphatic carbocycles. The average Bonchev–Trinajstić information content (AvgIpc) is 3.56. The number of hydrogen-bond acceptors (Lipinski definition) is 8. The van der Waals surface area contributed by atoms with Crippen molar-refractivity contribution in [1.82, 2.24) is 29.4 Å². The van der Waals surface area contributed by atoms with Gasteiger partial charge in [-0.3, -0.25) is 14.2 Å². The van der Waals surface area contributed by atoms with E-state index in [4.69, 9.17) is 9.47 Å². The number of aromatic nitrogens is 5. The topological polar surface area (TPSA) is 122 Å². The molecule has 41 heavy (non-hydrogen) atoms. The van der Waals surface area contributed by atoms with Crippen LogP contribution in [0.25, 0.3) is 15.2 Å². The Balaban J connectivity index is 2.04. The number of halogens is 1. The fourth-order valence-electron chi connectivity index (χ4n) is 4.59. The normalized spacial score (nSPS) is 12.6. The van der Waals surface area contributed by atoms with Crippen molar-refractivity contribution in [3.63, 3.8) is 0 Å². The predicted molar refractivity (Wildman–Crippen MR) is 154 cm³/mol. The molecule has 0 aliphatic heterocycles. The molecule has 13 heteroatoms. The Labute approximate surface area is 239 Å². The summed E-state index contributed by atoms with van der Waals surface area (Å²) in [4.78, 5) is 43.3. The van der Waals surface area contributed by atoms with Crippen LogP contribution in [0.3, 0.4) is 0 Å². The molecule has 11 nitrogen and oxygen atoms in total. The third-order valence-corrected chi connectivity index (χ3v) is 7.91. The standard InChI is InChI=1S/C28H33FN6O5S/c1-8-13-40-21(19-14-18(29)9-10-20(19)39-7)15-33-25-22(17(4)24(41-25)35-30-11-12-31-35)23(36)34(27(33)38)28(5,6)26(37)32-16(2)3/h8-12,14,16,21H,1,13,15H2,2-7H3,(H,32,37)/t21-/m0/s1. The number of fused-ring (bicyclic) bond motifs is 1. The summed E-state index contributed by atoms with van der Waals surface area (Å²) in [6.07, 6.45) is 3.66. The minimum atomic E-state index is -1.55. The first-order valence-corrected chi connectivity index (χ1v) is 13.8. The van der Waals surface area contributed by atoms with Crippen LogP contribution in [0.15, 0.2) is 52.8 Å². The number of hydrogen-bond donors (Lipinski definition) is 1. The molecule has 218 valence electrons. The van der Waals surface area contributed by atoms with E-state index in [1.165, 1.54) is 67.0 Å². The first kappa shape index (κ1) is 29.9. The number of carbonyl (C=O) groups excluding carboxylic acids is 1. The van der Waals surface area contributed by atoms with Gasteiger partial charge in [-0.1, -0.05) is 17.4 Å². The zero-order chi connectivity index (χ0) is 30.1. The summed E-state index contributed by atoms with van der Waals surface area (Å²) in [5.74, 6) is -0.648. The van der Waals surface area contributed by atoms with Crippen LogP contribution in [0, 0.1) is 12.7 Å². The zero-order valence-electron chi connectivity index (χ0n) is 23.8. The third-order valence-electron chi connectivity index (χ3n) is 6.62. The van der Waals surface area contributed by atoms with Gasteiger partial charge in [0.1, 0.15) is 33.0 Å². The van der Waals surface area contributed by atoms with Crippen LogP contribution in [0.1, 0.15) is 44.9 Å². The Hall–Kier alpha value is -4.10. The van der Waals surface area contributed by atoms with Gasteiger partial charge in [-0.15, -0.1) is 11.4 Å². The third kappa shape index (κ3) is 5.59. The number of nitrogens with one attached hydrogen (secondary N) is 1. The first-order chi connectivity index (χ1) is 19.4. The molecule has 0 fully saturated rings. The highest BCUT2D eigenvalue weighted by Gasteiger charge is 2.36. The van der Waals surface area contributed by atoms with Crippen LogP contribution in [0.2, 0.25) is 0 Å². The minimum absolute atomic E-state index is 0.0933. The van der Waals surface area contributed by atoms with E-state index in [0.717, 1.165) is 15.9 Å². The highest BCUT2D eigenvalue weighted by molar-refractivity contribution is 7.21. The van der Waals surface area contributed by atoms with Crippen molar-refractivity contribution in [1.29, 1.82) is 0 Å². The smallest absolute Gasteiger partial charge is 0.333 e. The summed E-state index contributed by atoms with van der Waals surface area (Å²) in [6, 6.07) is 3.80. The molecular formula is C28H33FN6O5S. The number of carbonyl (C=O) groups is 1. The van der Waals surface area contributed by atoms with E-state index < -0.39 is 34.6 Å². The van der Waals surface area contributed by atoms with Gasteiger partial charge in [0, 0.05) is 17.2 Å². The van der Waals surface area contributed by atoms with Gasteiger partial charge in [0.15, 0.2) is 0 Å². The summed E-state index contributed by atoms with van der Waals surface area (Å²) >= 11 is 1.16. The van der Waals surface area contributed by atoms with E-state index in [2.05, 4.69) is 22.1 Å². The number of amides is 1. The van der Waals surface area contributed by atoms with E-state index in [0.29, 0.717) is 26.7 Å². The SMILES string of the molecule is C=CCO[C@@H](Cn1c(=O)n(C(C)(C)C(=O)NC(C)C)c(=O)c2c(C)c(-n3nccn3)sc21)c1cc(F)ccc1OC.